The first-order valence-corrected chi connectivity index (χ1v) is 8.15. The Kier molecular flexibility index (Phi) is 5.87. The first kappa shape index (κ1) is 17.3. The van der Waals surface area contributed by atoms with Gasteiger partial charge in [-0.05, 0) is 44.2 Å². The second-order valence-corrected chi connectivity index (χ2v) is 6.47. The molecule has 2 aliphatic heterocycles. The van der Waals surface area contributed by atoms with E-state index in [-0.39, 0.29) is 18.3 Å². The van der Waals surface area contributed by atoms with E-state index in [0.29, 0.717) is 11.7 Å². The molecule has 3 heterocycles. The summed E-state index contributed by atoms with van der Waals surface area (Å²) in [5.41, 5.74) is 0.886. The Morgan fingerprint density at radius 1 is 1.41 bits per heavy atom. The Morgan fingerprint density at radius 2 is 2.05 bits per heavy atom. The van der Waals surface area contributed by atoms with E-state index in [1.807, 2.05) is 11.0 Å². The molecule has 3 rings (SSSR count). The zero-order valence-electron chi connectivity index (χ0n) is 13.4. The fraction of sp³-hybridized carbons (Fsp3) is 0.750. The molecule has 2 fully saturated rings. The van der Waals surface area contributed by atoms with E-state index in [4.69, 9.17) is 4.52 Å². The third-order valence-electron chi connectivity index (χ3n) is 5.16. The van der Waals surface area contributed by atoms with Crippen LogP contribution in [0, 0.1) is 11.8 Å². The fourth-order valence-corrected chi connectivity index (χ4v) is 3.41. The molecule has 0 spiro atoms. The van der Waals surface area contributed by atoms with Gasteiger partial charge in [-0.3, -0.25) is 4.79 Å². The molecule has 0 saturated carbocycles. The Morgan fingerprint density at radius 3 is 2.64 bits per heavy atom. The molecule has 0 aliphatic carbocycles. The van der Waals surface area contributed by atoms with Gasteiger partial charge in [-0.1, -0.05) is 19.0 Å². The van der Waals surface area contributed by atoms with E-state index >= 15 is 0 Å². The molecule has 3 atom stereocenters. The maximum absolute atomic E-state index is 12.6. The minimum Gasteiger partial charge on any atom is -0.351 e. The van der Waals surface area contributed by atoms with E-state index < -0.39 is 0 Å². The van der Waals surface area contributed by atoms with Crippen LogP contribution in [0.4, 0.5) is 0 Å². The van der Waals surface area contributed by atoms with Crippen LogP contribution in [0.5, 0.6) is 0 Å². The van der Waals surface area contributed by atoms with Crippen LogP contribution < -0.4 is 5.32 Å². The minimum absolute atomic E-state index is 0. The van der Waals surface area contributed by atoms with Crippen LogP contribution in [0.2, 0.25) is 0 Å². The summed E-state index contributed by atoms with van der Waals surface area (Å²) in [5.74, 6) is 2.20. The standard InChI is InChI=1S/C16H25N3O2.ClH/c1-3-11(2)14-8-15(21-18-14)16(20)19-6-4-12-9-17-10-13(12)5-7-19;/h8,11-13,17H,3-7,9-10H2,1-2H3;1H/t11?,12-,13+;. The molecule has 0 bridgehead atoms. The van der Waals surface area contributed by atoms with Gasteiger partial charge in [-0.15, -0.1) is 12.4 Å². The van der Waals surface area contributed by atoms with Gasteiger partial charge >= 0.3 is 0 Å². The summed E-state index contributed by atoms with van der Waals surface area (Å²) in [6.45, 7) is 8.09. The van der Waals surface area contributed by atoms with Crippen molar-refractivity contribution in [3.8, 4) is 0 Å². The average molecular weight is 328 g/mol. The highest BCUT2D eigenvalue weighted by Gasteiger charge is 2.32. The summed E-state index contributed by atoms with van der Waals surface area (Å²) in [6, 6.07) is 1.82. The van der Waals surface area contributed by atoms with Gasteiger partial charge in [-0.25, -0.2) is 0 Å². The molecular formula is C16H26ClN3O2. The van der Waals surface area contributed by atoms with Crippen LogP contribution in [0.25, 0.3) is 0 Å². The van der Waals surface area contributed by atoms with E-state index in [1.165, 1.54) is 0 Å². The summed E-state index contributed by atoms with van der Waals surface area (Å²) >= 11 is 0. The third-order valence-corrected chi connectivity index (χ3v) is 5.16. The van der Waals surface area contributed by atoms with Gasteiger partial charge in [0.2, 0.25) is 5.76 Å². The Balaban J connectivity index is 0.00000176. The number of carbonyl (C=O) groups is 1. The maximum atomic E-state index is 12.6. The smallest absolute Gasteiger partial charge is 0.292 e. The normalized spacial score (nSPS) is 26.0. The van der Waals surface area contributed by atoms with Crippen LogP contribution >= 0.6 is 12.4 Å². The van der Waals surface area contributed by atoms with Crippen molar-refractivity contribution < 1.29 is 9.32 Å². The lowest BCUT2D eigenvalue weighted by atomic mass is 9.92. The van der Waals surface area contributed by atoms with Crippen LogP contribution in [-0.4, -0.2) is 42.1 Å². The second-order valence-electron chi connectivity index (χ2n) is 6.47. The van der Waals surface area contributed by atoms with E-state index in [0.717, 1.165) is 63.0 Å². The highest BCUT2D eigenvalue weighted by molar-refractivity contribution is 5.91. The molecule has 1 aromatic rings. The average Bonchev–Trinajstić information content (AvgIpc) is 3.12. The first-order valence-electron chi connectivity index (χ1n) is 8.15. The number of nitrogens with zero attached hydrogens (tertiary/aromatic N) is 2. The topological polar surface area (TPSA) is 58.4 Å². The van der Waals surface area contributed by atoms with Crippen molar-refractivity contribution in [3.63, 3.8) is 0 Å². The molecule has 1 unspecified atom stereocenters. The molecule has 5 nitrogen and oxygen atoms in total. The molecule has 6 heteroatoms. The summed E-state index contributed by atoms with van der Waals surface area (Å²) in [4.78, 5) is 14.5. The Bertz CT molecular complexity index is 491. The van der Waals surface area contributed by atoms with Gasteiger partial charge in [0.05, 0.1) is 5.69 Å². The number of rotatable bonds is 3. The van der Waals surface area contributed by atoms with Crippen molar-refractivity contribution in [2.75, 3.05) is 26.2 Å². The molecule has 0 radical (unpaired) electrons. The molecule has 124 valence electrons. The number of amides is 1. The summed E-state index contributed by atoms with van der Waals surface area (Å²) in [5, 5.41) is 7.51. The van der Waals surface area contributed by atoms with Crippen molar-refractivity contribution in [1.29, 1.82) is 0 Å². The zero-order chi connectivity index (χ0) is 14.8. The van der Waals surface area contributed by atoms with Gasteiger partial charge in [0.15, 0.2) is 0 Å². The van der Waals surface area contributed by atoms with E-state index in [2.05, 4.69) is 24.3 Å². The minimum atomic E-state index is 0. The number of aromatic nitrogens is 1. The summed E-state index contributed by atoms with van der Waals surface area (Å²) in [7, 11) is 0. The second kappa shape index (κ2) is 7.47. The number of carbonyl (C=O) groups excluding carboxylic acids is 1. The molecule has 1 N–H and O–H groups in total. The highest BCUT2D eigenvalue weighted by Crippen LogP contribution is 2.28. The molecule has 2 aliphatic rings. The first-order chi connectivity index (χ1) is 10.2. The van der Waals surface area contributed by atoms with Crippen LogP contribution in [-0.2, 0) is 0 Å². The zero-order valence-corrected chi connectivity index (χ0v) is 14.2. The van der Waals surface area contributed by atoms with Crippen LogP contribution in [0.15, 0.2) is 10.6 Å². The number of halogens is 1. The lowest BCUT2D eigenvalue weighted by Crippen LogP contribution is -2.32. The SMILES string of the molecule is CCC(C)c1cc(C(=O)N2CC[C@@H]3CNC[C@@H]3CC2)on1.Cl. The highest BCUT2D eigenvalue weighted by atomic mass is 35.5. The van der Waals surface area contributed by atoms with Crippen LogP contribution in [0.1, 0.15) is 55.3 Å². The van der Waals surface area contributed by atoms with Gasteiger partial charge in [0, 0.05) is 25.1 Å². The molecule has 1 aromatic heterocycles. The van der Waals surface area contributed by atoms with Gasteiger partial charge < -0.3 is 14.7 Å². The number of hydrogen-bond acceptors (Lipinski definition) is 4. The van der Waals surface area contributed by atoms with E-state index in [1.54, 1.807) is 0 Å². The number of hydrogen-bond donors (Lipinski definition) is 1. The molecule has 22 heavy (non-hydrogen) atoms. The largest absolute Gasteiger partial charge is 0.351 e. The van der Waals surface area contributed by atoms with E-state index in [9.17, 15) is 4.79 Å². The van der Waals surface area contributed by atoms with Gasteiger partial charge in [0.1, 0.15) is 0 Å². The molecule has 2 saturated heterocycles. The van der Waals surface area contributed by atoms with Crippen molar-refractivity contribution in [1.82, 2.24) is 15.4 Å². The monoisotopic (exact) mass is 327 g/mol. The van der Waals surface area contributed by atoms with Gasteiger partial charge in [-0.2, -0.15) is 0 Å². The quantitative estimate of drug-likeness (QED) is 0.927. The predicted octanol–water partition coefficient (Wildman–Crippen LogP) is 2.68. The predicted molar refractivity (Wildman–Crippen MR) is 87.4 cm³/mol. The van der Waals surface area contributed by atoms with Crippen molar-refractivity contribution in [2.45, 2.75) is 39.0 Å². The third kappa shape index (κ3) is 3.46. The number of likely N-dealkylation sites (tertiary alicyclic amines) is 1. The van der Waals surface area contributed by atoms with Crippen molar-refractivity contribution in [2.24, 2.45) is 11.8 Å². The van der Waals surface area contributed by atoms with Crippen molar-refractivity contribution in [3.05, 3.63) is 17.5 Å². The molecule has 1 amide bonds. The summed E-state index contributed by atoms with van der Waals surface area (Å²) < 4.78 is 5.28. The number of nitrogens with one attached hydrogen (secondary N) is 1. The van der Waals surface area contributed by atoms with Crippen LogP contribution in [0.3, 0.4) is 0 Å². The molecule has 0 aromatic carbocycles. The Labute approximate surface area is 138 Å². The van der Waals surface area contributed by atoms with Crippen molar-refractivity contribution >= 4 is 18.3 Å². The number of fused-ring (bicyclic) bond motifs is 1. The lowest BCUT2D eigenvalue weighted by Gasteiger charge is -2.19. The Hall–Kier alpha value is -1.07. The molecular weight excluding hydrogens is 302 g/mol. The lowest BCUT2D eigenvalue weighted by molar-refractivity contribution is 0.0716. The maximum Gasteiger partial charge on any atom is 0.292 e. The van der Waals surface area contributed by atoms with Gasteiger partial charge in [0.25, 0.3) is 5.91 Å². The fourth-order valence-electron chi connectivity index (χ4n) is 3.41. The summed E-state index contributed by atoms with van der Waals surface area (Å²) in [6.07, 6.45) is 3.19.